The summed E-state index contributed by atoms with van der Waals surface area (Å²) in [7, 11) is 0. The maximum Gasteiger partial charge on any atom is 0.251 e. The highest BCUT2D eigenvalue weighted by molar-refractivity contribution is 5.65. The van der Waals surface area contributed by atoms with Crippen molar-refractivity contribution in [2.75, 3.05) is 12.3 Å². The molecule has 0 aliphatic heterocycles. The van der Waals surface area contributed by atoms with E-state index in [1.165, 1.54) is 0 Å². The number of nitrogens with zero attached hydrogens (tertiary/aromatic N) is 2. The number of nitrogens with two attached hydrogens (primary N) is 1. The van der Waals surface area contributed by atoms with Gasteiger partial charge in [0.25, 0.3) is 5.89 Å². The lowest BCUT2D eigenvalue weighted by atomic mass is 10.2. The van der Waals surface area contributed by atoms with Crippen LogP contribution in [0.2, 0.25) is 0 Å². The molecule has 5 heteroatoms. The summed E-state index contributed by atoms with van der Waals surface area (Å²) in [6.45, 7) is 2.71. The molecule has 0 unspecified atom stereocenters. The van der Waals surface area contributed by atoms with E-state index in [1.807, 2.05) is 42.5 Å². The molecule has 0 fully saturated rings. The highest BCUT2D eigenvalue weighted by atomic mass is 16.5. The van der Waals surface area contributed by atoms with Gasteiger partial charge in [-0.25, -0.2) is 0 Å². The molecule has 0 atom stereocenters. The van der Waals surface area contributed by atoms with Crippen molar-refractivity contribution in [1.29, 1.82) is 0 Å². The van der Waals surface area contributed by atoms with Crippen LogP contribution in [0.1, 0.15) is 13.3 Å². The van der Waals surface area contributed by atoms with Gasteiger partial charge in [0, 0.05) is 11.3 Å². The van der Waals surface area contributed by atoms with Gasteiger partial charge in [-0.15, -0.1) is 10.2 Å². The Labute approximate surface area is 128 Å². The van der Waals surface area contributed by atoms with E-state index in [9.17, 15) is 0 Å². The molecule has 3 aromatic rings. The van der Waals surface area contributed by atoms with E-state index in [-0.39, 0.29) is 0 Å². The zero-order valence-electron chi connectivity index (χ0n) is 12.3. The lowest BCUT2D eigenvalue weighted by molar-refractivity contribution is 0.318. The number of hydrogen-bond acceptors (Lipinski definition) is 5. The molecular formula is C17H17N3O2. The van der Waals surface area contributed by atoms with Crippen LogP contribution in [0.25, 0.3) is 22.9 Å². The van der Waals surface area contributed by atoms with Crippen molar-refractivity contribution in [3.63, 3.8) is 0 Å². The number of ether oxygens (including phenoxy) is 1. The third-order valence-electron chi connectivity index (χ3n) is 3.14. The Morgan fingerprint density at radius 2 is 1.86 bits per heavy atom. The Balaban J connectivity index is 1.94. The number of benzene rings is 2. The lowest BCUT2D eigenvalue weighted by Gasteiger charge is -2.07. The van der Waals surface area contributed by atoms with Crippen LogP contribution >= 0.6 is 0 Å². The van der Waals surface area contributed by atoms with E-state index < -0.39 is 0 Å². The molecule has 0 aliphatic carbocycles. The minimum absolute atomic E-state index is 0.434. The number of aromatic nitrogens is 2. The molecule has 5 nitrogen and oxygen atoms in total. The summed E-state index contributed by atoms with van der Waals surface area (Å²) in [6, 6.07) is 15.0. The van der Waals surface area contributed by atoms with Crippen molar-refractivity contribution >= 4 is 5.69 Å². The molecule has 2 N–H and O–H groups in total. The first-order valence-electron chi connectivity index (χ1n) is 7.19. The van der Waals surface area contributed by atoms with E-state index >= 15 is 0 Å². The van der Waals surface area contributed by atoms with E-state index in [0.29, 0.717) is 24.1 Å². The summed E-state index contributed by atoms with van der Waals surface area (Å²) in [5.74, 6) is 1.61. The molecule has 0 saturated carbocycles. The standard InChI is InChI=1S/C17H17N3O2/c1-2-10-21-15-9-4-3-8-14(15)17-20-19-16(22-17)12-6-5-7-13(18)11-12/h3-9,11H,2,10,18H2,1H3. The van der Waals surface area contributed by atoms with Crippen LogP contribution in [-0.4, -0.2) is 16.8 Å². The molecular weight excluding hydrogens is 278 g/mol. The van der Waals surface area contributed by atoms with E-state index in [2.05, 4.69) is 17.1 Å². The Kier molecular flexibility index (Phi) is 4.05. The molecule has 112 valence electrons. The number of nitrogen functional groups attached to an aromatic ring is 1. The van der Waals surface area contributed by atoms with Crippen molar-refractivity contribution in [2.24, 2.45) is 0 Å². The van der Waals surface area contributed by atoms with Gasteiger partial charge >= 0.3 is 0 Å². The first-order chi connectivity index (χ1) is 10.8. The van der Waals surface area contributed by atoms with Gasteiger partial charge in [0.05, 0.1) is 12.2 Å². The second-order valence-electron chi connectivity index (χ2n) is 4.88. The third-order valence-corrected chi connectivity index (χ3v) is 3.14. The molecule has 0 saturated heterocycles. The summed E-state index contributed by atoms with van der Waals surface area (Å²) in [5.41, 5.74) is 8.03. The van der Waals surface area contributed by atoms with E-state index in [0.717, 1.165) is 23.3 Å². The molecule has 1 aromatic heterocycles. The molecule has 3 rings (SSSR count). The van der Waals surface area contributed by atoms with Gasteiger partial charge in [0.2, 0.25) is 5.89 Å². The maximum absolute atomic E-state index is 5.78. The van der Waals surface area contributed by atoms with Crippen LogP contribution < -0.4 is 10.5 Å². The van der Waals surface area contributed by atoms with Gasteiger partial charge in [-0.2, -0.15) is 0 Å². The smallest absolute Gasteiger partial charge is 0.251 e. The summed E-state index contributed by atoms with van der Waals surface area (Å²) in [6.07, 6.45) is 0.937. The molecule has 0 bridgehead atoms. The normalized spacial score (nSPS) is 10.6. The molecule has 0 spiro atoms. The second-order valence-corrected chi connectivity index (χ2v) is 4.88. The Morgan fingerprint density at radius 1 is 1.05 bits per heavy atom. The quantitative estimate of drug-likeness (QED) is 0.725. The molecule has 0 amide bonds. The van der Waals surface area contributed by atoms with E-state index in [4.69, 9.17) is 14.9 Å². The van der Waals surface area contributed by atoms with Crippen LogP contribution in [0.4, 0.5) is 5.69 Å². The first kappa shape index (κ1) is 14.1. The van der Waals surface area contributed by atoms with Gasteiger partial charge in [-0.3, -0.25) is 0 Å². The Hall–Kier alpha value is -2.82. The van der Waals surface area contributed by atoms with Crippen molar-refractivity contribution in [2.45, 2.75) is 13.3 Å². The maximum atomic E-state index is 5.78. The summed E-state index contributed by atoms with van der Waals surface area (Å²) in [5, 5.41) is 8.22. The predicted molar refractivity (Wildman–Crippen MR) is 85.4 cm³/mol. The highest BCUT2D eigenvalue weighted by Crippen LogP contribution is 2.31. The largest absolute Gasteiger partial charge is 0.493 e. The van der Waals surface area contributed by atoms with Gasteiger partial charge in [0.15, 0.2) is 0 Å². The van der Waals surface area contributed by atoms with Crippen molar-refractivity contribution < 1.29 is 9.15 Å². The summed E-state index contributed by atoms with van der Waals surface area (Å²) in [4.78, 5) is 0. The first-order valence-corrected chi connectivity index (χ1v) is 7.19. The number of rotatable bonds is 5. The van der Waals surface area contributed by atoms with Crippen LogP contribution in [0, 0.1) is 0 Å². The molecule has 22 heavy (non-hydrogen) atoms. The second kappa shape index (κ2) is 6.30. The Morgan fingerprint density at radius 3 is 2.68 bits per heavy atom. The van der Waals surface area contributed by atoms with Gasteiger partial charge in [0.1, 0.15) is 5.75 Å². The summed E-state index contributed by atoms with van der Waals surface area (Å²) < 4.78 is 11.5. The lowest BCUT2D eigenvalue weighted by Crippen LogP contribution is -1.96. The fourth-order valence-electron chi connectivity index (χ4n) is 2.10. The molecule has 1 heterocycles. The van der Waals surface area contributed by atoms with E-state index in [1.54, 1.807) is 6.07 Å². The predicted octanol–water partition coefficient (Wildman–Crippen LogP) is 3.77. The number of anilines is 1. The average Bonchev–Trinajstić information content (AvgIpc) is 3.03. The molecule has 0 aliphatic rings. The molecule has 0 radical (unpaired) electrons. The van der Waals surface area contributed by atoms with Crippen molar-refractivity contribution in [3.8, 4) is 28.7 Å². The minimum Gasteiger partial charge on any atom is -0.493 e. The topological polar surface area (TPSA) is 74.2 Å². The zero-order chi connectivity index (χ0) is 15.4. The summed E-state index contributed by atoms with van der Waals surface area (Å²) >= 11 is 0. The van der Waals surface area contributed by atoms with Crippen LogP contribution in [-0.2, 0) is 0 Å². The third kappa shape index (κ3) is 2.93. The van der Waals surface area contributed by atoms with Gasteiger partial charge < -0.3 is 14.9 Å². The fraction of sp³-hybridized carbons (Fsp3) is 0.176. The minimum atomic E-state index is 0.434. The van der Waals surface area contributed by atoms with Crippen LogP contribution in [0.3, 0.4) is 0 Å². The fourth-order valence-corrected chi connectivity index (χ4v) is 2.10. The number of hydrogen-bond donors (Lipinski definition) is 1. The Bertz CT molecular complexity index is 768. The SMILES string of the molecule is CCCOc1ccccc1-c1nnc(-c2cccc(N)c2)o1. The van der Waals surface area contributed by atoms with Gasteiger partial charge in [-0.05, 0) is 36.8 Å². The van der Waals surface area contributed by atoms with Crippen molar-refractivity contribution in [3.05, 3.63) is 48.5 Å². The van der Waals surface area contributed by atoms with Crippen LogP contribution in [0.15, 0.2) is 52.9 Å². The van der Waals surface area contributed by atoms with Crippen LogP contribution in [0.5, 0.6) is 5.75 Å². The average molecular weight is 295 g/mol. The number of para-hydroxylation sites is 1. The monoisotopic (exact) mass is 295 g/mol. The highest BCUT2D eigenvalue weighted by Gasteiger charge is 2.14. The van der Waals surface area contributed by atoms with Crippen molar-refractivity contribution in [1.82, 2.24) is 10.2 Å². The van der Waals surface area contributed by atoms with Gasteiger partial charge in [-0.1, -0.05) is 25.1 Å². The zero-order valence-corrected chi connectivity index (χ0v) is 12.3. The molecule has 2 aromatic carbocycles.